The highest BCUT2D eigenvalue weighted by molar-refractivity contribution is 7.89. The summed E-state index contributed by atoms with van der Waals surface area (Å²) in [6.07, 6.45) is -3.01. The molecule has 3 aromatic carbocycles. The molecule has 6 nitrogen and oxygen atoms in total. The highest BCUT2D eigenvalue weighted by Gasteiger charge is 2.30. The average molecular weight is 495 g/mol. The van der Waals surface area contributed by atoms with Gasteiger partial charge in [-0.2, -0.15) is 13.2 Å². The van der Waals surface area contributed by atoms with E-state index >= 15 is 0 Å². The second-order valence-electron chi connectivity index (χ2n) is 7.92. The van der Waals surface area contributed by atoms with Crippen LogP contribution in [0, 0.1) is 0 Å². The van der Waals surface area contributed by atoms with E-state index in [2.05, 4.69) is 4.98 Å². The average Bonchev–Trinajstić information content (AvgIpc) is 2.82. The molecule has 0 unspecified atom stereocenters. The Morgan fingerprint density at radius 2 is 1.57 bits per heavy atom. The molecule has 0 spiro atoms. The third kappa shape index (κ3) is 4.17. The van der Waals surface area contributed by atoms with Gasteiger partial charge >= 0.3 is 6.18 Å². The lowest BCUT2D eigenvalue weighted by Crippen LogP contribution is -2.18. The first kappa shape index (κ1) is 22.8. The summed E-state index contributed by atoms with van der Waals surface area (Å²) in [5.41, 5.74) is 1.03. The van der Waals surface area contributed by atoms with Crippen LogP contribution >= 0.6 is 0 Å². The lowest BCUT2D eigenvalue weighted by atomic mass is 10.0. The molecular formula is C25H16F3N3O3S. The number of primary sulfonamides is 1. The maximum Gasteiger partial charge on any atom is 0.416 e. The maximum atomic E-state index is 13.4. The van der Waals surface area contributed by atoms with Gasteiger partial charge in [0.05, 0.1) is 21.5 Å². The first-order valence-corrected chi connectivity index (χ1v) is 11.8. The highest BCUT2D eigenvalue weighted by Crippen LogP contribution is 2.33. The van der Waals surface area contributed by atoms with Crippen LogP contribution in [0.4, 0.5) is 13.2 Å². The van der Waals surface area contributed by atoms with Crippen LogP contribution < -0.4 is 10.7 Å². The normalized spacial score (nSPS) is 12.3. The van der Waals surface area contributed by atoms with Crippen LogP contribution in [0.3, 0.4) is 0 Å². The molecule has 0 aliphatic heterocycles. The van der Waals surface area contributed by atoms with Gasteiger partial charge in [0.15, 0.2) is 0 Å². The monoisotopic (exact) mass is 495 g/mol. The Kier molecular flexibility index (Phi) is 5.22. The Morgan fingerprint density at radius 3 is 2.26 bits per heavy atom. The second-order valence-corrected chi connectivity index (χ2v) is 9.48. The summed E-state index contributed by atoms with van der Waals surface area (Å²) in [7, 11) is -3.85. The molecule has 0 fully saturated rings. The Balaban J connectivity index is 1.78. The van der Waals surface area contributed by atoms with Crippen molar-refractivity contribution in [3.8, 4) is 16.8 Å². The number of pyridine rings is 2. The van der Waals surface area contributed by atoms with Crippen molar-refractivity contribution >= 4 is 31.8 Å². The van der Waals surface area contributed by atoms with Gasteiger partial charge < -0.3 is 0 Å². The first-order chi connectivity index (χ1) is 16.5. The summed E-state index contributed by atoms with van der Waals surface area (Å²) >= 11 is 0. The fourth-order valence-corrected chi connectivity index (χ4v) is 4.52. The number of rotatable bonds is 3. The fourth-order valence-electron chi connectivity index (χ4n) is 4.01. The van der Waals surface area contributed by atoms with Crippen LogP contribution in [-0.2, 0) is 16.2 Å². The predicted molar refractivity (Wildman–Crippen MR) is 127 cm³/mol. The number of nitrogens with zero attached hydrogens (tertiary/aromatic N) is 2. The Bertz CT molecular complexity index is 1780. The molecule has 0 aliphatic rings. The van der Waals surface area contributed by atoms with Crippen LogP contribution in [0.15, 0.2) is 94.7 Å². The Labute approximate surface area is 197 Å². The van der Waals surface area contributed by atoms with Gasteiger partial charge in [-0.05, 0) is 59.7 Å². The third-order valence-corrected chi connectivity index (χ3v) is 6.59. The molecule has 2 aromatic heterocycles. The highest BCUT2D eigenvalue weighted by atomic mass is 32.2. The maximum absolute atomic E-state index is 13.4. The lowest BCUT2D eigenvalue weighted by Gasteiger charge is -2.15. The van der Waals surface area contributed by atoms with Crippen molar-refractivity contribution in [2.24, 2.45) is 5.14 Å². The summed E-state index contributed by atoms with van der Waals surface area (Å²) in [5, 5.41) is 6.28. The van der Waals surface area contributed by atoms with E-state index < -0.39 is 27.3 Å². The minimum atomic E-state index is -4.57. The van der Waals surface area contributed by atoms with Gasteiger partial charge in [-0.3, -0.25) is 14.3 Å². The van der Waals surface area contributed by atoms with Crippen LogP contribution in [0.25, 0.3) is 38.6 Å². The molecule has 5 aromatic rings. The molecule has 0 atom stereocenters. The molecule has 5 rings (SSSR count). The van der Waals surface area contributed by atoms with E-state index in [1.165, 1.54) is 34.9 Å². The number of benzene rings is 3. The minimum absolute atomic E-state index is 0.0347. The van der Waals surface area contributed by atoms with Gasteiger partial charge in [-0.15, -0.1) is 0 Å². The zero-order valence-electron chi connectivity index (χ0n) is 17.8. The van der Waals surface area contributed by atoms with Crippen molar-refractivity contribution < 1.29 is 21.6 Å². The van der Waals surface area contributed by atoms with E-state index in [1.54, 1.807) is 42.6 Å². The number of hydrogen-bond acceptors (Lipinski definition) is 4. The van der Waals surface area contributed by atoms with E-state index in [0.717, 1.165) is 12.1 Å². The summed E-state index contributed by atoms with van der Waals surface area (Å²) < 4.78 is 64.4. The fraction of sp³-hybridized carbons (Fsp3) is 0.0400. The molecule has 0 radical (unpaired) electrons. The standard InChI is InChI=1S/C25H16F3N3O3S/c26-25(27,28)18-2-1-3-19(13-18)31-23(32)11-7-17-14-30-22-10-6-16(12-21(22)24(17)31)15-4-8-20(9-5-15)35(29,33)34/h1-14H,(H2,29,33,34). The third-order valence-electron chi connectivity index (χ3n) is 5.67. The zero-order chi connectivity index (χ0) is 25.0. The molecule has 176 valence electrons. The number of sulfonamides is 1. The van der Waals surface area contributed by atoms with E-state index in [4.69, 9.17) is 5.14 Å². The molecule has 2 heterocycles. The Morgan fingerprint density at radius 1 is 0.857 bits per heavy atom. The number of halogens is 3. The van der Waals surface area contributed by atoms with E-state index in [9.17, 15) is 26.4 Å². The molecule has 0 bridgehead atoms. The summed E-state index contributed by atoms with van der Waals surface area (Å²) in [5.74, 6) is 0. The van der Waals surface area contributed by atoms with E-state index in [1.807, 2.05) is 0 Å². The van der Waals surface area contributed by atoms with Crippen molar-refractivity contribution in [1.82, 2.24) is 9.55 Å². The van der Waals surface area contributed by atoms with Crippen molar-refractivity contribution in [1.29, 1.82) is 0 Å². The smallest absolute Gasteiger partial charge is 0.276 e. The molecule has 0 saturated heterocycles. The molecule has 10 heteroatoms. The van der Waals surface area contributed by atoms with Crippen LogP contribution in [0.2, 0.25) is 0 Å². The lowest BCUT2D eigenvalue weighted by molar-refractivity contribution is -0.137. The number of hydrogen-bond donors (Lipinski definition) is 1. The topological polar surface area (TPSA) is 95.1 Å². The van der Waals surface area contributed by atoms with E-state index in [-0.39, 0.29) is 10.6 Å². The van der Waals surface area contributed by atoms with Crippen molar-refractivity contribution in [2.45, 2.75) is 11.1 Å². The largest absolute Gasteiger partial charge is 0.416 e. The van der Waals surface area contributed by atoms with Crippen LogP contribution in [0.1, 0.15) is 5.56 Å². The van der Waals surface area contributed by atoms with Gasteiger partial charge in [0, 0.05) is 28.7 Å². The van der Waals surface area contributed by atoms with Crippen molar-refractivity contribution in [3.63, 3.8) is 0 Å². The molecule has 35 heavy (non-hydrogen) atoms. The molecule has 0 saturated carbocycles. The van der Waals surface area contributed by atoms with Gasteiger partial charge in [0.2, 0.25) is 10.0 Å². The van der Waals surface area contributed by atoms with E-state index in [0.29, 0.717) is 32.9 Å². The molecule has 0 aliphatic carbocycles. The van der Waals surface area contributed by atoms with Crippen molar-refractivity contribution in [2.75, 3.05) is 0 Å². The zero-order valence-corrected chi connectivity index (χ0v) is 18.6. The van der Waals surface area contributed by atoms with Gasteiger partial charge in [-0.1, -0.05) is 24.3 Å². The second kappa shape index (κ2) is 8.03. The SMILES string of the molecule is NS(=O)(=O)c1ccc(-c2ccc3ncc4ccc(=O)n(-c5cccc(C(F)(F)F)c5)c4c3c2)cc1. The minimum Gasteiger partial charge on any atom is -0.276 e. The summed E-state index contributed by atoms with van der Waals surface area (Å²) in [6.45, 7) is 0. The number of alkyl halides is 3. The van der Waals surface area contributed by atoms with Crippen LogP contribution in [0.5, 0.6) is 0 Å². The van der Waals surface area contributed by atoms with Gasteiger partial charge in [-0.25, -0.2) is 13.6 Å². The first-order valence-electron chi connectivity index (χ1n) is 10.3. The predicted octanol–water partition coefficient (Wildman–Crippen LogP) is 4.87. The molecule has 2 N–H and O–H groups in total. The number of aromatic nitrogens is 2. The van der Waals surface area contributed by atoms with Crippen molar-refractivity contribution in [3.05, 3.63) is 101 Å². The number of fused-ring (bicyclic) bond motifs is 3. The Hall–Kier alpha value is -4.02. The van der Waals surface area contributed by atoms with Gasteiger partial charge in [0.25, 0.3) is 5.56 Å². The molecule has 0 amide bonds. The summed E-state index contributed by atoms with van der Waals surface area (Å²) in [6, 6.07) is 18.7. The summed E-state index contributed by atoms with van der Waals surface area (Å²) in [4.78, 5) is 17.3. The molecular weight excluding hydrogens is 479 g/mol. The van der Waals surface area contributed by atoms with Gasteiger partial charge in [0.1, 0.15) is 0 Å². The quantitative estimate of drug-likeness (QED) is 0.361. The van der Waals surface area contributed by atoms with Crippen LogP contribution in [-0.4, -0.2) is 18.0 Å². The number of nitrogens with two attached hydrogens (primary N) is 1.